The Labute approximate surface area is 117 Å². The van der Waals surface area contributed by atoms with Crippen molar-refractivity contribution >= 4 is 17.2 Å². The van der Waals surface area contributed by atoms with E-state index in [9.17, 15) is 4.79 Å². The van der Waals surface area contributed by atoms with Crippen LogP contribution in [0.25, 0.3) is 10.6 Å². The van der Waals surface area contributed by atoms with Crippen LogP contribution in [0.3, 0.4) is 0 Å². The Balaban J connectivity index is 2.24. The van der Waals surface area contributed by atoms with E-state index in [-0.39, 0.29) is 11.9 Å². The maximum absolute atomic E-state index is 12.1. The van der Waals surface area contributed by atoms with E-state index in [1.807, 2.05) is 44.2 Å². The summed E-state index contributed by atoms with van der Waals surface area (Å²) in [6.07, 6.45) is 0.926. The van der Waals surface area contributed by atoms with Crippen LogP contribution in [0, 0.1) is 6.92 Å². The van der Waals surface area contributed by atoms with Gasteiger partial charge in [0.2, 0.25) is 0 Å². The summed E-state index contributed by atoms with van der Waals surface area (Å²) < 4.78 is 0. The highest BCUT2D eigenvalue weighted by Crippen LogP contribution is 2.27. The van der Waals surface area contributed by atoms with Gasteiger partial charge >= 0.3 is 0 Å². The highest BCUT2D eigenvalue weighted by Gasteiger charge is 2.17. The third kappa shape index (κ3) is 3.20. The first kappa shape index (κ1) is 13.7. The van der Waals surface area contributed by atoms with Gasteiger partial charge in [-0.1, -0.05) is 37.3 Å². The number of amides is 1. The van der Waals surface area contributed by atoms with Crippen LogP contribution in [0.5, 0.6) is 0 Å². The number of aryl methyl sites for hydroxylation is 1. The molecule has 100 valence electrons. The number of carbonyl (C=O) groups is 1. The van der Waals surface area contributed by atoms with E-state index < -0.39 is 0 Å². The van der Waals surface area contributed by atoms with Crippen LogP contribution in [-0.2, 0) is 0 Å². The molecule has 1 N–H and O–H groups in total. The molecular formula is C15H18N2OS. The standard InChI is InChI=1S/C15H18N2OS/c1-4-10(2)16-14(18)13-11(3)17-15(19-13)12-8-6-5-7-9-12/h5-10H,4H2,1-3H3,(H,16,18)/t10-/m1/s1. The molecule has 0 aliphatic rings. The number of nitrogens with zero attached hydrogens (tertiary/aromatic N) is 1. The third-order valence-electron chi connectivity index (χ3n) is 3.01. The molecule has 0 bridgehead atoms. The van der Waals surface area contributed by atoms with Gasteiger partial charge in [-0.25, -0.2) is 4.98 Å². The van der Waals surface area contributed by atoms with E-state index >= 15 is 0 Å². The molecule has 3 nitrogen and oxygen atoms in total. The molecule has 19 heavy (non-hydrogen) atoms. The van der Waals surface area contributed by atoms with Crippen molar-refractivity contribution in [3.8, 4) is 10.6 Å². The average Bonchev–Trinajstić information content (AvgIpc) is 2.81. The molecule has 0 saturated heterocycles. The molecular weight excluding hydrogens is 256 g/mol. The van der Waals surface area contributed by atoms with Crippen LogP contribution in [0.4, 0.5) is 0 Å². The summed E-state index contributed by atoms with van der Waals surface area (Å²) in [6.45, 7) is 5.95. The Hall–Kier alpha value is -1.68. The molecule has 0 fully saturated rings. The highest BCUT2D eigenvalue weighted by atomic mass is 32.1. The fourth-order valence-corrected chi connectivity index (χ4v) is 2.68. The zero-order chi connectivity index (χ0) is 13.8. The molecule has 1 aromatic carbocycles. The van der Waals surface area contributed by atoms with Crippen molar-refractivity contribution < 1.29 is 4.79 Å². The fraction of sp³-hybridized carbons (Fsp3) is 0.333. The Kier molecular flexibility index (Phi) is 4.32. The van der Waals surface area contributed by atoms with Crippen molar-refractivity contribution in [3.63, 3.8) is 0 Å². The van der Waals surface area contributed by atoms with Gasteiger partial charge in [-0.15, -0.1) is 11.3 Å². The van der Waals surface area contributed by atoms with Crippen LogP contribution in [0.2, 0.25) is 0 Å². The Morgan fingerprint density at radius 2 is 2.05 bits per heavy atom. The third-order valence-corrected chi connectivity index (χ3v) is 4.22. The van der Waals surface area contributed by atoms with Gasteiger partial charge in [-0.2, -0.15) is 0 Å². The largest absolute Gasteiger partial charge is 0.349 e. The van der Waals surface area contributed by atoms with Crippen LogP contribution in [0.15, 0.2) is 30.3 Å². The molecule has 0 aliphatic carbocycles. The lowest BCUT2D eigenvalue weighted by atomic mass is 10.2. The van der Waals surface area contributed by atoms with Gasteiger partial charge in [-0.3, -0.25) is 4.79 Å². The van der Waals surface area contributed by atoms with E-state index in [2.05, 4.69) is 17.2 Å². The van der Waals surface area contributed by atoms with Crippen molar-refractivity contribution in [2.75, 3.05) is 0 Å². The molecule has 1 atom stereocenters. The van der Waals surface area contributed by atoms with Crippen LogP contribution >= 0.6 is 11.3 Å². The van der Waals surface area contributed by atoms with E-state index in [0.29, 0.717) is 4.88 Å². The second-order valence-electron chi connectivity index (χ2n) is 4.58. The minimum Gasteiger partial charge on any atom is -0.349 e. The fourth-order valence-electron chi connectivity index (χ4n) is 1.70. The molecule has 0 aliphatic heterocycles. The molecule has 0 saturated carbocycles. The number of rotatable bonds is 4. The second-order valence-corrected chi connectivity index (χ2v) is 5.58. The summed E-state index contributed by atoms with van der Waals surface area (Å²) in [6, 6.07) is 10.1. The lowest BCUT2D eigenvalue weighted by Crippen LogP contribution is -2.31. The van der Waals surface area contributed by atoms with Crippen molar-refractivity contribution in [3.05, 3.63) is 40.9 Å². The van der Waals surface area contributed by atoms with Gasteiger partial charge in [0.15, 0.2) is 0 Å². The number of nitrogens with one attached hydrogen (secondary N) is 1. The molecule has 4 heteroatoms. The molecule has 2 aromatic rings. The lowest BCUT2D eigenvalue weighted by Gasteiger charge is -2.09. The first-order chi connectivity index (χ1) is 9.11. The van der Waals surface area contributed by atoms with Gasteiger partial charge in [0.25, 0.3) is 5.91 Å². The lowest BCUT2D eigenvalue weighted by molar-refractivity contribution is 0.0942. The molecule has 1 aromatic heterocycles. The van der Waals surface area contributed by atoms with Gasteiger partial charge in [0.05, 0.1) is 5.69 Å². The van der Waals surface area contributed by atoms with Crippen molar-refractivity contribution in [1.29, 1.82) is 0 Å². The van der Waals surface area contributed by atoms with Crippen molar-refractivity contribution in [1.82, 2.24) is 10.3 Å². The van der Waals surface area contributed by atoms with Crippen molar-refractivity contribution in [2.45, 2.75) is 33.2 Å². The number of carbonyl (C=O) groups excluding carboxylic acids is 1. The summed E-state index contributed by atoms with van der Waals surface area (Å²) in [4.78, 5) is 17.3. The Bertz CT molecular complexity index is 563. The second kappa shape index (κ2) is 5.97. The number of hydrogen-bond acceptors (Lipinski definition) is 3. The van der Waals surface area contributed by atoms with Gasteiger partial charge in [0.1, 0.15) is 9.88 Å². The minimum atomic E-state index is -0.0217. The topological polar surface area (TPSA) is 42.0 Å². The first-order valence-electron chi connectivity index (χ1n) is 6.45. The molecule has 2 rings (SSSR count). The number of thiazole rings is 1. The molecule has 0 spiro atoms. The van der Waals surface area contributed by atoms with Gasteiger partial charge in [-0.05, 0) is 20.3 Å². The zero-order valence-electron chi connectivity index (χ0n) is 11.4. The smallest absolute Gasteiger partial charge is 0.263 e. The average molecular weight is 274 g/mol. The predicted molar refractivity (Wildman–Crippen MR) is 79.5 cm³/mol. The first-order valence-corrected chi connectivity index (χ1v) is 7.27. The van der Waals surface area contributed by atoms with Crippen LogP contribution in [-0.4, -0.2) is 16.9 Å². The molecule has 1 amide bonds. The minimum absolute atomic E-state index is 0.0217. The summed E-state index contributed by atoms with van der Waals surface area (Å²) >= 11 is 1.45. The van der Waals surface area contributed by atoms with E-state index in [0.717, 1.165) is 22.7 Å². The van der Waals surface area contributed by atoms with Gasteiger partial charge < -0.3 is 5.32 Å². The SMILES string of the molecule is CC[C@@H](C)NC(=O)c1sc(-c2ccccc2)nc1C. The van der Waals surface area contributed by atoms with Crippen molar-refractivity contribution in [2.24, 2.45) is 0 Å². The van der Waals surface area contributed by atoms with E-state index in [4.69, 9.17) is 0 Å². The number of benzene rings is 1. The molecule has 1 heterocycles. The monoisotopic (exact) mass is 274 g/mol. The molecule has 0 unspecified atom stereocenters. The predicted octanol–water partition coefficient (Wildman–Crippen LogP) is 3.65. The maximum Gasteiger partial charge on any atom is 0.263 e. The van der Waals surface area contributed by atoms with Crippen LogP contribution < -0.4 is 5.32 Å². The summed E-state index contributed by atoms with van der Waals surface area (Å²) in [5.41, 5.74) is 1.85. The van der Waals surface area contributed by atoms with Crippen LogP contribution in [0.1, 0.15) is 35.6 Å². The zero-order valence-corrected chi connectivity index (χ0v) is 12.3. The molecule has 0 radical (unpaired) electrons. The Morgan fingerprint density at radius 1 is 1.37 bits per heavy atom. The number of aromatic nitrogens is 1. The van der Waals surface area contributed by atoms with E-state index in [1.165, 1.54) is 11.3 Å². The normalized spacial score (nSPS) is 12.2. The van der Waals surface area contributed by atoms with Gasteiger partial charge in [0, 0.05) is 11.6 Å². The van der Waals surface area contributed by atoms with E-state index in [1.54, 1.807) is 0 Å². The summed E-state index contributed by atoms with van der Waals surface area (Å²) in [7, 11) is 0. The number of hydrogen-bond donors (Lipinski definition) is 1. The Morgan fingerprint density at radius 3 is 2.68 bits per heavy atom. The quantitative estimate of drug-likeness (QED) is 0.924. The summed E-state index contributed by atoms with van der Waals surface area (Å²) in [5.74, 6) is -0.0217. The maximum atomic E-state index is 12.1. The summed E-state index contributed by atoms with van der Waals surface area (Å²) in [5, 5.41) is 3.88. The highest BCUT2D eigenvalue weighted by molar-refractivity contribution is 7.17.